The van der Waals surface area contributed by atoms with Gasteiger partial charge in [-0.05, 0) is 6.26 Å². The van der Waals surface area contributed by atoms with E-state index in [4.69, 9.17) is 0 Å². The largest absolute Gasteiger partial charge is 0.351 e. The van der Waals surface area contributed by atoms with Crippen molar-refractivity contribution in [2.24, 2.45) is 5.73 Å². The lowest BCUT2D eigenvalue weighted by molar-refractivity contribution is -0.117. The number of hydrogen-bond acceptors (Lipinski definition) is 3. The Kier molecular flexibility index (Phi) is 3.87. The predicted molar refractivity (Wildman–Crippen MR) is 36.1 cm³/mol. The van der Waals surface area contributed by atoms with Crippen LogP contribution in [0.1, 0.15) is 0 Å². The SMILES string of the molecule is CSCC(=O)NC(N)=O. The Morgan fingerprint density at radius 2 is 2.22 bits per heavy atom. The minimum absolute atomic E-state index is 0.267. The molecule has 0 radical (unpaired) electrons. The minimum Gasteiger partial charge on any atom is -0.351 e. The first-order valence-corrected chi connectivity index (χ1v) is 3.64. The van der Waals surface area contributed by atoms with E-state index in [0.717, 1.165) is 0 Å². The maximum atomic E-state index is 10.4. The number of urea groups is 1. The fourth-order valence-electron chi connectivity index (χ4n) is 0.305. The van der Waals surface area contributed by atoms with Crippen molar-refractivity contribution in [1.82, 2.24) is 5.32 Å². The van der Waals surface area contributed by atoms with Crippen molar-refractivity contribution in [1.29, 1.82) is 0 Å². The molecule has 3 N–H and O–H groups in total. The fraction of sp³-hybridized carbons (Fsp3) is 0.500. The van der Waals surface area contributed by atoms with Crippen LogP contribution in [0.15, 0.2) is 0 Å². The number of amides is 3. The van der Waals surface area contributed by atoms with Crippen LogP contribution >= 0.6 is 11.8 Å². The summed E-state index contributed by atoms with van der Waals surface area (Å²) in [5.74, 6) is -0.0850. The summed E-state index contributed by atoms with van der Waals surface area (Å²) < 4.78 is 0. The van der Waals surface area contributed by atoms with Gasteiger partial charge in [0, 0.05) is 0 Å². The normalized spacial score (nSPS) is 8.56. The van der Waals surface area contributed by atoms with E-state index in [9.17, 15) is 9.59 Å². The van der Waals surface area contributed by atoms with Gasteiger partial charge in [0.25, 0.3) is 0 Å². The molecular weight excluding hydrogens is 140 g/mol. The summed E-state index contributed by atoms with van der Waals surface area (Å²) in [5, 5.41) is 1.92. The second kappa shape index (κ2) is 4.20. The van der Waals surface area contributed by atoms with E-state index >= 15 is 0 Å². The van der Waals surface area contributed by atoms with Gasteiger partial charge in [0.1, 0.15) is 0 Å². The van der Waals surface area contributed by atoms with E-state index in [1.807, 2.05) is 5.32 Å². The maximum absolute atomic E-state index is 10.4. The molecule has 5 heteroatoms. The molecule has 0 rings (SSSR count). The lowest BCUT2D eigenvalue weighted by atomic mass is 10.7. The lowest BCUT2D eigenvalue weighted by Gasteiger charge is -1.95. The van der Waals surface area contributed by atoms with Gasteiger partial charge in [0.15, 0.2) is 0 Å². The van der Waals surface area contributed by atoms with Gasteiger partial charge >= 0.3 is 6.03 Å². The van der Waals surface area contributed by atoms with Crippen molar-refractivity contribution in [2.45, 2.75) is 0 Å². The average Bonchev–Trinajstić information content (AvgIpc) is 1.63. The third-order valence-electron chi connectivity index (χ3n) is 0.538. The molecule has 0 aromatic heterocycles. The van der Waals surface area contributed by atoms with Crippen LogP contribution < -0.4 is 11.1 Å². The summed E-state index contributed by atoms with van der Waals surface area (Å²) in [5.41, 5.74) is 4.64. The van der Waals surface area contributed by atoms with Crippen LogP contribution in [0.4, 0.5) is 4.79 Å². The van der Waals surface area contributed by atoms with Gasteiger partial charge in [-0.15, -0.1) is 0 Å². The summed E-state index contributed by atoms with van der Waals surface area (Å²) in [6.07, 6.45) is 1.76. The average molecular weight is 148 g/mol. The number of primary amides is 1. The monoisotopic (exact) mass is 148 g/mol. The molecule has 0 saturated heterocycles. The van der Waals surface area contributed by atoms with Crippen molar-refractivity contribution in [2.75, 3.05) is 12.0 Å². The molecule has 9 heavy (non-hydrogen) atoms. The second-order valence-electron chi connectivity index (χ2n) is 1.35. The highest BCUT2D eigenvalue weighted by Crippen LogP contribution is 1.88. The standard InChI is InChI=1S/C4H8N2O2S/c1-9-2-3(7)6-4(5)8/h2H2,1H3,(H3,5,6,7,8). The Balaban J connectivity index is 3.39. The number of nitrogens with two attached hydrogens (primary N) is 1. The highest BCUT2D eigenvalue weighted by molar-refractivity contribution is 7.99. The minimum atomic E-state index is -0.797. The summed E-state index contributed by atoms with van der Waals surface area (Å²) in [6.45, 7) is 0. The van der Waals surface area contributed by atoms with E-state index in [2.05, 4.69) is 5.73 Å². The topological polar surface area (TPSA) is 72.2 Å². The first-order chi connectivity index (χ1) is 4.16. The van der Waals surface area contributed by atoms with Crippen LogP contribution in [0.25, 0.3) is 0 Å². The number of thioether (sulfide) groups is 1. The van der Waals surface area contributed by atoms with Crippen molar-refractivity contribution >= 4 is 23.7 Å². The van der Waals surface area contributed by atoms with Gasteiger partial charge in [0.05, 0.1) is 5.75 Å². The smallest absolute Gasteiger partial charge is 0.318 e. The summed E-state index contributed by atoms with van der Waals surface area (Å²) in [6, 6.07) is -0.797. The number of nitrogens with one attached hydrogen (secondary N) is 1. The Labute approximate surface area is 57.2 Å². The number of rotatable bonds is 2. The van der Waals surface area contributed by atoms with Gasteiger partial charge in [-0.3, -0.25) is 10.1 Å². The molecule has 0 atom stereocenters. The van der Waals surface area contributed by atoms with E-state index in [1.165, 1.54) is 11.8 Å². The Hall–Kier alpha value is -0.710. The van der Waals surface area contributed by atoms with Crippen LogP contribution in [-0.2, 0) is 4.79 Å². The highest BCUT2D eigenvalue weighted by Gasteiger charge is 2.00. The van der Waals surface area contributed by atoms with E-state index in [0.29, 0.717) is 0 Å². The molecule has 0 aliphatic heterocycles. The summed E-state index contributed by atoms with van der Waals surface area (Å²) >= 11 is 1.33. The number of carbonyl (C=O) groups excluding carboxylic acids is 2. The van der Waals surface area contributed by atoms with Gasteiger partial charge in [-0.1, -0.05) is 0 Å². The zero-order valence-corrected chi connectivity index (χ0v) is 5.83. The Morgan fingerprint density at radius 1 is 1.67 bits per heavy atom. The molecule has 0 heterocycles. The number of carbonyl (C=O) groups is 2. The molecule has 0 aromatic carbocycles. The van der Waals surface area contributed by atoms with Crippen molar-refractivity contribution in [3.8, 4) is 0 Å². The highest BCUT2D eigenvalue weighted by atomic mass is 32.2. The molecule has 4 nitrogen and oxygen atoms in total. The summed E-state index contributed by atoms with van der Waals surface area (Å²) in [4.78, 5) is 20.4. The van der Waals surface area contributed by atoms with Crippen molar-refractivity contribution in [3.63, 3.8) is 0 Å². The van der Waals surface area contributed by atoms with Gasteiger partial charge < -0.3 is 5.73 Å². The Morgan fingerprint density at radius 3 is 2.56 bits per heavy atom. The predicted octanol–water partition coefficient (Wildman–Crippen LogP) is -0.456. The van der Waals surface area contributed by atoms with Crippen LogP contribution in [0.2, 0.25) is 0 Å². The van der Waals surface area contributed by atoms with Gasteiger partial charge in [-0.2, -0.15) is 11.8 Å². The number of hydrogen-bond donors (Lipinski definition) is 2. The van der Waals surface area contributed by atoms with Crippen LogP contribution in [-0.4, -0.2) is 23.9 Å². The van der Waals surface area contributed by atoms with E-state index in [1.54, 1.807) is 6.26 Å². The molecule has 0 aliphatic rings. The second-order valence-corrected chi connectivity index (χ2v) is 2.21. The molecule has 0 aromatic rings. The molecule has 52 valence electrons. The zero-order valence-electron chi connectivity index (χ0n) is 5.01. The molecule has 0 aliphatic carbocycles. The lowest BCUT2D eigenvalue weighted by Crippen LogP contribution is -2.35. The van der Waals surface area contributed by atoms with Crippen LogP contribution in [0.5, 0.6) is 0 Å². The number of imide groups is 1. The first kappa shape index (κ1) is 8.29. The molecule has 0 unspecified atom stereocenters. The third-order valence-corrected chi connectivity index (χ3v) is 1.09. The fourth-order valence-corrected chi connectivity index (χ4v) is 0.639. The van der Waals surface area contributed by atoms with Crippen molar-refractivity contribution in [3.05, 3.63) is 0 Å². The maximum Gasteiger partial charge on any atom is 0.318 e. The van der Waals surface area contributed by atoms with E-state index < -0.39 is 6.03 Å². The third kappa shape index (κ3) is 5.16. The first-order valence-electron chi connectivity index (χ1n) is 2.25. The Bertz CT molecular complexity index is 126. The van der Waals surface area contributed by atoms with Crippen LogP contribution in [0.3, 0.4) is 0 Å². The molecule has 0 bridgehead atoms. The van der Waals surface area contributed by atoms with Crippen molar-refractivity contribution < 1.29 is 9.59 Å². The molecule has 0 spiro atoms. The molecule has 3 amide bonds. The van der Waals surface area contributed by atoms with Gasteiger partial charge in [-0.25, -0.2) is 4.79 Å². The molecular formula is C4H8N2O2S. The van der Waals surface area contributed by atoms with Crippen LogP contribution in [0, 0.1) is 0 Å². The molecule has 0 fully saturated rings. The molecule has 0 saturated carbocycles. The van der Waals surface area contributed by atoms with E-state index in [-0.39, 0.29) is 11.7 Å². The summed E-state index contributed by atoms with van der Waals surface area (Å²) in [7, 11) is 0. The quantitative estimate of drug-likeness (QED) is 0.556. The van der Waals surface area contributed by atoms with Gasteiger partial charge in [0.2, 0.25) is 5.91 Å². The zero-order chi connectivity index (χ0) is 7.28.